The third kappa shape index (κ3) is 4.02. The molecule has 1 atom stereocenters. The molecule has 7 heteroatoms. The lowest BCUT2D eigenvalue weighted by Crippen LogP contribution is -2.28. The van der Waals surface area contributed by atoms with Gasteiger partial charge in [0, 0.05) is 24.2 Å². The zero-order valence-corrected chi connectivity index (χ0v) is 18.6. The highest BCUT2D eigenvalue weighted by molar-refractivity contribution is 5.71. The maximum Gasteiger partial charge on any atom is 0.254 e. The second kappa shape index (κ2) is 8.94. The molecule has 3 heterocycles. The molecule has 2 aromatic rings. The Morgan fingerprint density at radius 3 is 2.61 bits per heavy atom. The first-order valence-corrected chi connectivity index (χ1v) is 10.9. The summed E-state index contributed by atoms with van der Waals surface area (Å²) in [5.74, 6) is 2.29. The van der Waals surface area contributed by atoms with E-state index in [1.165, 1.54) is 24.9 Å². The van der Waals surface area contributed by atoms with Crippen LogP contribution in [0.25, 0.3) is 11.3 Å². The highest BCUT2D eigenvalue weighted by Gasteiger charge is 2.27. The Morgan fingerprint density at radius 1 is 1.03 bits per heavy atom. The second-order valence-electron chi connectivity index (χ2n) is 7.93. The van der Waals surface area contributed by atoms with Crippen LogP contribution in [-0.4, -0.2) is 24.9 Å². The van der Waals surface area contributed by atoms with Gasteiger partial charge in [0.1, 0.15) is 24.5 Å². The monoisotopic (exact) mass is 447 g/mol. The lowest BCUT2D eigenvalue weighted by molar-refractivity contribution is 0.159. The molecule has 1 aromatic heterocycles. The van der Waals surface area contributed by atoms with E-state index in [0.717, 1.165) is 41.7 Å². The van der Waals surface area contributed by atoms with Crippen molar-refractivity contribution in [3.63, 3.8) is 0 Å². The molecule has 7 nitrogen and oxygen atoms in total. The van der Waals surface area contributed by atoms with Crippen LogP contribution >= 0.6 is 0 Å². The van der Waals surface area contributed by atoms with Crippen molar-refractivity contribution >= 4 is 0 Å². The van der Waals surface area contributed by atoms with Gasteiger partial charge in [-0.1, -0.05) is 18.2 Å². The number of fused-ring (bicyclic) bond motifs is 3. The second-order valence-corrected chi connectivity index (χ2v) is 7.93. The summed E-state index contributed by atoms with van der Waals surface area (Å²) >= 11 is 0. The maximum atomic E-state index is 13.0. The summed E-state index contributed by atoms with van der Waals surface area (Å²) in [7, 11) is 3.22. The summed E-state index contributed by atoms with van der Waals surface area (Å²) in [4.78, 5) is 13.0. The molecule has 0 bridgehead atoms. The van der Waals surface area contributed by atoms with Gasteiger partial charge in [0.25, 0.3) is 5.56 Å². The van der Waals surface area contributed by atoms with Crippen molar-refractivity contribution in [3.05, 3.63) is 88.5 Å². The fourth-order valence-electron chi connectivity index (χ4n) is 4.38. The number of pyridine rings is 1. The van der Waals surface area contributed by atoms with Crippen molar-refractivity contribution in [1.29, 1.82) is 0 Å². The molecule has 33 heavy (non-hydrogen) atoms. The third-order valence-electron chi connectivity index (χ3n) is 6.01. The number of nitrogens with zero attached hydrogens (tertiary/aromatic N) is 1. The molecule has 5 rings (SSSR count). The van der Waals surface area contributed by atoms with E-state index in [0.29, 0.717) is 29.6 Å². The average Bonchev–Trinajstić information content (AvgIpc) is 2.87. The number of methoxy groups -OCH3 is 2. The molecule has 0 spiro atoms. The van der Waals surface area contributed by atoms with Crippen LogP contribution in [0.2, 0.25) is 0 Å². The van der Waals surface area contributed by atoms with Gasteiger partial charge < -0.3 is 28.3 Å². The number of allylic oxidation sites excluding steroid dienone is 3. The van der Waals surface area contributed by atoms with Crippen LogP contribution in [0.1, 0.15) is 18.4 Å². The standard InChI is InChI=1S/C26H25NO6/c1-29-22-12-18-8-9-27-21(20(18)15-23(22)30-2)13-19(14-25(27)28)33-26(17-6-4-3-5-7-17)24-16-31-10-11-32-24/h3-4,6,10-16,26H,5,7-9H2,1-2H3. The molecule has 3 aliphatic rings. The molecular formula is C26H25NO6. The quantitative estimate of drug-likeness (QED) is 0.651. The highest BCUT2D eigenvalue weighted by atomic mass is 16.6. The van der Waals surface area contributed by atoms with Gasteiger partial charge in [-0.2, -0.15) is 0 Å². The fourth-order valence-corrected chi connectivity index (χ4v) is 4.38. The van der Waals surface area contributed by atoms with Gasteiger partial charge >= 0.3 is 0 Å². The SMILES string of the molecule is COc1cc2c(cc1OC)-c1cc(OC(C3=CC=CCC3)C3=COC=CO3)cc(=O)n1CC2. The van der Waals surface area contributed by atoms with Crippen molar-refractivity contribution in [2.45, 2.75) is 31.9 Å². The number of benzene rings is 1. The van der Waals surface area contributed by atoms with E-state index in [2.05, 4.69) is 6.08 Å². The molecule has 170 valence electrons. The minimum Gasteiger partial charge on any atom is -0.493 e. The van der Waals surface area contributed by atoms with Crippen molar-refractivity contribution in [1.82, 2.24) is 4.57 Å². The summed E-state index contributed by atoms with van der Waals surface area (Å²) < 4.78 is 30.1. The minimum absolute atomic E-state index is 0.117. The predicted molar refractivity (Wildman–Crippen MR) is 123 cm³/mol. The summed E-state index contributed by atoms with van der Waals surface area (Å²) in [6.07, 6.45) is 12.6. The largest absolute Gasteiger partial charge is 0.493 e. The van der Waals surface area contributed by atoms with Crippen LogP contribution in [0, 0.1) is 0 Å². The van der Waals surface area contributed by atoms with Gasteiger partial charge in [0.15, 0.2) is 23.4 Å². The van der Waals surface area contributed by atoms with E-state index in [4.69, 9.17) is 23.7 Å². The summed E-state index contributed by atoms with van der Waals surface area (Å²) in [6, 6.07) is 7.32. The molecule has 1 aliphatic carbocycles. The van der Waals surface area contributed by atoms with Crippen molar-refractivity contribution < 1.29 is 23.7 Å². The van der Waals surface area contributed by atoms with Gasteiger partial charge in [-0.25, -0.2) is 0 Å². The van der Waals surface area contributed by atoms with Crippen molar-refractivity contribution in [2.75, 3.05) is 14.2 Å². The molecule has 1 unspecified atom stereocenters. The maximum absolute atomic E-state index is 13.0. The van der Waals surface area contributed by atoms with E-state index in [1.54, 1.807) is 18.8 Å². The molecule has 0 radical (unpaired) electrons. The molecule has 0 saturated carbocycles. The van der Waals surface area contributed by atoms with E-state index >= 15 is 0 Å². The Kier molecular flexibility index (Phi) is 5.69. The normalized spacial score (nSPS) is 16.9. The zero-order chi connectivity index (χ0) is 22.8. The Labute approximate surface area is 191 Å². The highest BCUT2D eigenvalue weighted by Crippen LogP contribution is 2.39. The smallest absolute Gasteiger partial charge is 0.254 e. The summed E-state index contributed by atoms with van der Waals surface area (Å²) in [6.45, 7) is 0.587. The number of rotatable bonds is 6. The molecule has 0 amide bonds. The van der Waals surface area contributed by atoms with Crippen LogP contribution in [0.3, 0.4) is 0 Å². The first-order valence-electron chi connectivity index (χ1n) is 10.9. The van der Waals surface area contributed by atoms with Gasteiger partial charge in [-0.05, 0) is 42.5 Å². The van der Waals surface area contributed by atoms with Crippen LogP contribution < -0.4 is 19.8 Å². The topological polar surface area (TPSA) is 68.2 Å². The van der Waals surface area contributed by atoms with Crippen LogP contribution in [0.15, 0.2) is 77.4 Å². The number of hydrogen-bond acceptors (Lipinski definition) is 6. The Morgan fingerprint density at radius 2 is 1.88 bits per heavy atom. The lowest BCUT2D eigenvalue weighted by atomic mass is 9.96. The Balaban J connectivity index is 1.56. The first kappa shape index (κ1) is 21.0. The van der Waals surface area contributed by atoms with Gasteiger partial charge in [0.2, 0.25) is 0 Å². The van der Waals surface area contributed by atoms with Crippen molar-refractivity contribution in [2.24, 2.45) is 0 Å². The molecular weight excluding hydrogens is 422 g/mol. The van der Waals surface area contributed by atoms with Crippen molar-refractivity contribution in [3.8, 4) is 28.5 Å². The zero-order valence-electron chi connectivity index (χ0n) is 18.6. The predicted octanol–water partition coefficient (Wildman–Crippen LogP) is 4.47. The minimum atomic E-state index is -0.504. The molecule has 0 fully saturated rings. The third-order valence-corrected chi connectivity index (χ3v) is 6.01. The van der Waals surface area contributed by atoms with Gasteiger partial charge in [-0.15, -0.1) is 0 Å². The van der Waals surface area contributed by atoms with Gasteiger partial charge in [-0.3, -0.25) is 4.79 Å². The molecule has 1 aromatic carbocycles. The van der Waals surface area contributed by atoms with E-state index in [9.17, 15) is 4.79 Å². The average molecular weight is 447 g/mol. The van der Waals surface area contributed by atoms with Gasteiger partial charge in [0.05, 0.1) is 19.9 Å². The number of aromatic nitrogens is 1. The van der Waals surface area contributed by atoms with Crippen LogP contribution in [0.4, 0.5) is 0 Å². The lowest BCUT2D eigenvalue weighted by Gasteiger charge is -2.27. The fraction of sp³-hybridized carbons (Fsp3) is 0.269. The van der Waals surface area contributed by atoms with Crippen LogP contribution in [-0.2, 0) is 22.4 Å². The van der Waals surface area contributed by atoms with Crippen LogP contribution in [0.5, 0.6) is 17.2 Å². The molecule has 2 aliphatic heterocycles. The number of aryl methyl sites for hydroxylation is 1. The molecule has 0 N–H and O–H groups in total. The summed E-state index contributed by atoms with van der Waals surface area (Å²) in [5, 5.41) is 0. The first-order chi connectivity index (χ1) is 16.2. The summed E-state index contributed by atoms with van der Waals surface area (Å²) in [5.41, 5.74) is 3.74. The number of hydrogen-bond donors (Lipinski definition) is 0. The number of ether oxygens (including phenoxy) is 5. The molecule has 0 saturated heterocycles. The van der Waals surface area contributed by atoms with E-state index in [-0.39, 0.29) is 5.56 Å². The van der Waals surface area contributed by atoms with E-state index in [1.807, 2.05) is 30.4 Å². The Bertz CT molecular complexity index is 1250. The Hall–Kier alpha value is -3.87. The van der Waals surface area contributed by atoms with E-state index < -0.39 is 6.10 Å².